The molecule has 92 valence electrons. The molecule has 1 aliphatic heterocycles. The minimum atomic E-state index is -3.23. The van der Waals surface area contributed by atoms with E-state index in [1.165, 1.54) is 11.1 Å². The highest BCUT2D eigenvalue weighted by atomic mass is 32.2. The second-order valence-electron chi connectivity index (χ2n) is 4.90. The van der Waals surface area contributed by atoms with Crippen LogP contribution in [0.3, 0.4) is 0 Å². The molecule has 1 fully saturated rings. The molecule has 0 saturated carbocycles. The first-order valence-electron chi connectivity index (χ1n) is 6.30. The largest absolute Gasteiger partial charge is 0.243 e. The number of fused-ring (bicyclic) bond motifs is 1. The van der Waals surface area contributed by atoms with Crippen LogP contribution >= 0.6 is 0 Å². The first-order chi connectivity index (χ1) is 8.18. The van der Waals surface area contributed by atoms with Crippen LogP contribution in [0.25, 0.3) is 0 Å². The Morgan fingerprint density at radius 2 is 1.65 bits per heavy atom. The second kappa shape index (κ2) is 4.10. The molecule has 0 bridgehead atoms. The van der Waals surface area contributed by atoms with Gasteiger partial charge in [0.25, 0.3) is 0 Å². The third-order valence-corrected chi connectivity index (χ3v) is 5.67. The number of hydrogen-bond acceptors (Lipinski definition) is 2. The van der Waals surface area contributed by atoms with E-state index in [0.717, 1.165) is 32.1 Å². The smallest absolute Gasteiger partial charge is 0.207 e. The Kier molecular flexibility index (Phi) is 2.71. The van der Waals surface area contributed by atoms with Crippen LogP contribution < -0.4 is 0 Å². The molecule has 0 aromatic heterocycles. The van der Waals surface area contributed by atoms with E-state index in [4.69, 9.17) is 0 Å². The highest BCUT2D eigenvalue weighted by Gasteiger charge is 2.27. The predicted molar refractivity (Wildman–Crippen MR) is 66.5 cm³/mol. The Hall–Kier alpha value is -0.870. The van der Waals surface area contributed by atoms with Gasteiger partial charge in [-0.05, 0) is 55.4 Å². The van der Waals surface area contributed by atoms with Crippen molar-refractivity contribution < 1.29 is 8.42 Å². The fourth-order valence-electron chi connectivity index (χ4n) is 2.79. The van der Waals surface area contributed by atoms with Crippen LogP contribution in [0.4, 0.5) is 0 Å². The van der Waals surface area contributed by atoms with Gasteiger partial charge in [0.15, 0.2) is 0 Å². The van der Waals surface area contributed by atoms with Crippen molar-refractivity contribution >= 4 is 10.0 Å². The number of nitrogens with zero attached hydrogens (tertiary/aromatic N) is 1. The molecule has 0 radical (unpaired) electrons. The van der Waals surface area contributed by atoms with Crippen molar-refractivity contribution in [2.24, 2.45) is 0 Å². The minimum Gasteiger partial charge on any atom is -0.207 e. The number of sulfonamides is 1. The van der Waals surface area contributed by atoms with Gasteiger partial charge in [-0.3, -0.25) is 0 Å². The Bertz CT molecular complexity index is 530. The SMILES string of the molecule is O=S(=O)(c1ccc2c(c1)CCC2)N1CCCC1. The summed E-state index contributed by atoms with van der Waals surface area (Å²) in [4.78, 5) is 0.486. The van der Waals surface area contributed by atoms with Crippen molar-refractivity contribution in [2.45, 2.75) is 37.0 Å². The normalized spacial score (nSPS) is 20.7. The molecule has 0 atom stereocenters. The molecule has 4 heteroatoms. The van der Waals surface area contributed by atoms with Gasteiger partial charge >= 0.3 is 0 Å². The molecule has 2 aliphatic rings. The molecular formula is C13H17NO2S. The van der Waals surface area contributed by atoms with E-state index in [-0.39, 0.29) is 0 Å². The molecule has 1 aromatic rings. The van der Waals surface area contributed by atoms with Crippen LogP contribution in [0, 0.1) is 0 Å². The summed E-state index contributed by atoms with van der Waals surface area (Å²) in [5.41, 5.74) is 2.55. The fourth-order valence-corrected chi connectivity index (χ4v) is 4.35. The maximum atomic E-state index is 12.4. The van der Waals surface area contributed by atoms with Gasteiger partial charge in [-0.25, -0.2) is 8.42 Å². The Labute approximate surface area is 102 Å². The van der Waals surface area contributed by atoms with Crippen molar-refractivity contribution in [3.8, 4) is 0 Å². The minimum absolute atomic E-state index is 0.486. The third-order valence-electron chi connectivity index (χ3n) is 3.77. The standard InChI is InChI=1S/C13H17NO2S/c15-17(16,14-8-1-2-9-14)13-7-6-11-4-3-5-12(11)10-13/h6-7,10H,1-5,8-9H2. The zero-order valence-electron chi connectivity index (χ0n) is 9.85. The van der Waals surface area contributed by atoms with Gasteiger partial charge < -0.3 is 0 Å². The Morgan fingerprint density at radius 1 is 0.941 bits per heavy atom. The summed E-state index contributed by atoms with van der Waals surface area (Å²) in [5.74, 6) is 0. The molecule has 0 amide bonds. The first-order valence-corrected chi connectivity index (χ1v) is 7.74. The van der Waals surface area contributed by atoms with Gasteiger partial charge in [0, 0.05) is 13.1 Å². The van der Waals surface area contributed by atoms with Crippen LogP contribution in [0.5, 0.6) is 0 Å². The van der Waals surface area contributed by atoms with E-state index < -0.39 is 10.0 Å². The maximum absolute atomic E-state index is 12.4. The lowest BCUT2D eigenvalue weighted by Crippen LogP contribution is -2.27. The van der Waals surface area contributed by atoms with Crippen LogP contribution in [0.15, 0.2) is 23.1 Å². The molecule has 17 heavy (non-hydrogen) atoms. The van der Waals surface area contributed by atoms with Gasteiger partial charge in [-0.15, -0.1) is 0 Å². The number of rotatable bonds is 2. The maximum Gasteiger partial charge on any atom is 0.243 e. The molecule has 3 nitrogen and oxygen atoms in total. The molecule has 0 spiro atoms. The molecule has 1 aliphatic carbocycles. The van der Waals surface area contributed by atoms with Gasteiger partial charge in [0.1, 0.15) is 0 Å². The summed E-state index contributed by atoms with van der Waals surface area (Å²) >= 11 is 0. The molecule has 3 rings (SSSR count). The summed E-state index contributed by atoms with van der Waals surface area (Å²) < 4.78 is 26.3. The highest BCUT2D eigenvalue weighted by Crippen LogP contribution is 2.27. The average molecular weight is 251 g/mol. The molecule has 1 saturated heterocycles. The summed E-state index contributed by atoms with van der Waals surface area (Å²) in [7, 11) is -3.23. The van der Waals surface area contributed by atoms with Gasteiger partial charge in [-0.2, -0.15) is 4.31 Å². The van der Waals surface area contributed by atoms with E-state index in [1.807, 2.05) is 12.1 Å². The summed E-state index contributed by atoms with van der Waals surface area (Å²) in [5, 5.41) is 0. The summed E-state index contributed by atoms with van der Waals surface area (Å²) in [6.45, 7) is 1.36. The van der Waals surface area contributed by atoms with Gasteiger partial charge in [0.2, 0.25) is 10.0 Å². The lowest BCUT2D eigenvalue weighted by atomic mass is 10.1. The second-order valence-corrected chi connectivity index (χ2v) is 6.83. The van der Waals surface area contributed by atoms with Crippen LogP contribution in [0.1, 0.15) is 30.4 Å². The highest BCUT2D eigenvalue weighted by molar-refractivity contribution is 7.89. The topological polar surface area (TPSA) is 37.4 Å². The zero-order valence-corrected chi connectivity index (χ0v) is 10.7. The zero-order chi connectivity index (χ0) is 11.9. The molecule has 0 N–H and O–H groups in total. The Morgan fingerprint density at radius 3 is 2.41 bits per heavy atom. The fraction of sp³-hybridized carbons (Fsp3) is 0.538. The first kappa shape index (κ1) is 11.2. The summed E-state index contributed by atoms with van der Waals surface area (Å²) in [6.07, 6.45) is 5.26. The van der Waals surface area contributed by atoms with Crippen molar-refractivity contribution in [3.63, 3.8) is 0 Å². The van der Waals surface area contributed by atoms with E-state index in [9.17, 15) is 8.42 Å². The monoisotopic (exact) mass is 251 g/mol. The quantitative estimate of drug-likeness (QED) is 0.805. The van der Waals surface area contributed by atoms with E-state index in [0.29, 0.717) is 18.0 Å². The predicted octanol–water partition coefficient (Wildman–Crippen LogP) is 1.96. The van der Waals surface area contributed by atoms with E-state index >= 15 is 0 Å². The number of benzene rings is 1. The van der Waals surface area contributed by atoms with Crippen molar-refractivity contribution in [2.75, 3.05) is 13.1 Å². The average Bonchev–Trinajstić information content (AvgIpc) is 2.99. The van der Waals surface area contributed by atoms with Crippen LogP contribution in [-0.4, -0.2) is 25.8 Å². The molecule has 1 aromatic carbocycles. The van der Waals surface area contributed by atoms with Crippen molar-refractivity contribution in [1.29, 1.82) is 0 Å². The lowest BCUT2D eigenvalue weighted by Gasteiger charge is -2.16. The van der Waals surface area contributed by atoms with Crippen LogP contribution in [-0.2, 0) is 22.9 Å². The van der Waals surface area contributed by atoms with Gasteiger partial charge in [0.05, 0.1) is 4.90 Å². The summed E-state index contributed by atoms with van der Waals surface area (Å²) in [6, 6.07) is 5.65. The molecular weight excluding hydrogens is 234 g/mol. The van der Waals surface area contributed by atoms with Crippen molar-refractivity contribution in [3.05, 3.63) is 29.3 Å². The third kappa shape index (κ3) is 1.89. The Balaban J connectivity index is 1.98. The molecule has 0 unspecified atom stereocenters. The van der Waals surface area contributed by atoms with Crippen LogP contribution in [0.2, 0.25) is 0 Å². The number of aryl methyl sites for hydroxylation is 2. The lowest BCUT2D eigenvalue weighted by molar-refractivity contribution is 0.477. The van der Waals surface area contributed by atoms with E-state index in [1.54, 1.807) is 10.4 Å². The van der Waals surface area contributed by atoms with Crippen molar-refractivity contribution in [1.82, 2.24) is 4.31 Å². The number of hydrogen-bond donors (Lipinski definition) is 0. The van der Waals surface area contributed by atoms with Gasteiger partial charge in [-0.1, -0.05) is 6.07 Å². The molecule has 1 heterocycles. The van der Waals surface area contributed by atoms with E-state index in [2.05, 4.69) is 0 Å².